The van der Waals surface area contributed by atoms with Crippen LogP contribution in [0.15, 0.2) is 66.7 Å². The molecule has 3 aromatic rings. The molecule has 4 N–H and O–H groups in total. The average Bonchev–Trinajstić information content (AvgIpc) is 3.30. The highest BCUT2D eigenvalue weighted by Gasteiger charge is 2.28. The largest absolute Gasteiger partial charge is 0.480 e. The number of nitrogens with zero attached hydrogens (tertiary/aromatic N) is 1. The van der Waals surface area contributed by atoms with Crippen molar-refractivity contribution in [2.45, 2.75) is 44.5 Å². The molecule has 3 aromatic carbocycles. The van der Waals surface area contributed by atoms with Crippen LogP contribution in [0.2, 0.25) is 0 Å². The first-order chi connectivity index (χ1) is 15.9. The fourth-order valence-corrected chi connectivity index (χ4v) is 4.80. The van der Waals surface area contributed by atoms with Gasteiger partial charge in [0, 0.05) is 30.9 Å². The van der Waals surface area contributed by atoms with E-state index in [1.807, 2.05) is 31.2 Å². The number of benzene rings is 3. The van der Waals surface area contributed by atoms with Gasteiger partial charge < -0.3 is 20.4 Å². The number of anilines is 1. The highest BCUT2D eigenvalue weighted by molar-refractivity contribution is 5.86. The zero-order valence-corrected chi connectivity index (χ0v) is 19.3. The molecule has 1 fully saturated rings. The van der Waals surface area contributed by atoms with Crippen molar-refractivity contribution in [1.29, 1.82) is 0 Å². The van der Waals surface area contributed by atoms with Crippen molar-refractivity contribution >= 4 is 22.4 Å². The first-order valence-electron chi connectivity index (χ1n) is 11.7. The molecule has 0 spiro atoms. The van der Waals surface area contributed by atoms with E-state index in [1.165, 1.54) is 16.3 Å². The van der Waals surface area contributed by atoms with Crippen molar-refractivity contribution in [3.8, 4) is 0 Å². The van der Waals surface area contributed by atoms with Crippen LogP contribution < -0.4 is 15.5 Å². The predicted octanol–water partition coefficient (Wildman–Crippen LogP) is 4.00. The van der Waals surface area contributed by atoms with Gasteiger partial charge in [-0.15, -0.1) is 0 Å². The number of carbonyl (C=O) groups is 1. The van der Waals surface area contributed by atoms with E-state index in [4.69, 9.17) is 5.11 Å². The summed E-state index contributed by atoms with van der Waals surface area (Å²) < 4.78 is 0. The summed E-state index contributed by atoms with van der Waals surface area (Å²) in [4.78, 5) is 13.3. The van der Waals surface area contributed by atoms with E-state index in [-0.39, 0.29) is 12.6 Å². The van der Waals surface area contributed by atoms with Crippen LogP contribution >= 0.6 is 0 Å². The molecule has 0 bridgehead atoms. The Kier molecular flexibility index (Phi) is 6.98. The van der Waals surface area contributed by atoms with Gasteiger partial charge in [-0.25, -0.2) is 0 Å². The molecule has 33 heavy (non-hydrogen) atoms. The second-order valence-electron chi connectivity index (χ2n) is 8.90. The Bertz CT molecular complexity index is 1100. The van der Waals surface area contributed by atoms with Crippen LogP contribution in [0.25, 0.3) is 10.8 Å². The molecule has 1 heterocycles. The Morgan fingerprint density at radius 1 is 1.12 bits per heavy atom. The van der Waals surface area contributed by atoms with Gasteiger partial charge in [-0.2, -0.15) is 0 Å². The summed E-state index contributed by atoms with van der Waals surface area (Å²) in [6.07, 6.45) is 1.44. The van der Waals surface area contributed by atoms with Gasteiger partial charge in [0.1, 0.15) is 5.72 Å². The summed E-state index contributed by atoms with van der Waals surface area (Å²) in [5.74, 6) is -0.994. The molecule has 1 aliphatic heterocycles. The molecule has 4 rings (SSSR count). The van der Waals surface area contributed by atoms with Crippen LogP contribution in [0.3, 0.4) is 0 Å². The number of aliphatic carboxylic acids is 1. The third-order valence-electron chi connectivity index (χ3n) is 6.72. The molecular formula is C27H33N3O3. The van der Waals surface area contributed by atoms with Gasteiger partial charge in [-0.3, -0.25) is 10.1 Å². The lowest BCUT2D eigenvalue weighted by Crippen LogP contribution is -2.44. The number of hydrogen-bond acceptors (Lipinski definition) is 5. The van der Waals surface area contributed by atoms with Crippen molar-refractivity contribution in [2.75, 3.05) is 24.5 Å². The fraction of sp³-hybridized carbons (Fsp3) is 0.370. The van der Waals surface area contributed by atoms with Crippen LogP contribution in [0.1, 0.15) is 43.9 Å². The van der Waals surface area contributed by atoms with Gasteiger partial charge in [-0.05, 0) is 53.8 Å². The number of fused-ring (bicyclic) bond motifs is 1. The highest BCUT2D eigenvalue weighted by atomic mass is 16.4. The number of carboxylic acid groups (broad SMARTS) is 1. The number of rotatable bonds is 9. The zero-order valence-electron chi connectivity index (χ0n) is 19.3. The summed E-state index contributed by atoms with van der Waals surface area (Å²) >= 11 is 0. The molecule has 6 heteroatoms. The van der Waals surface area contributed by atoms with E-state index < -0.39 is 11.7 Å². The van der Waals surface area contributed by atoms with Crippen LogP contribution in [0, 0.1) is 0 Å². The maximum Gasteiger partial charge on any atom is 0.317 e. The topological polar surface area (TPSA) is 84.8 Å². The predicted molar refractivity (Wildman–Crippen MR) is 132 cm³/mol. The lowest BCUT2D eigenvalue weighted by molar-refractivity contribution is -0.138. The molecule has 0 aromatic heterocycles. The number of nitrogens with one attached hydrogen (secondary N) is 2. The van der Waals surface area contributed by atoms with Crippen LogP contribution in [0.5, 0.6) is 0 Å². The lowest BCUT2D eigenvalue weighted by atomic mass is 9.99. The number of aliphatic hydroxyl groups is 1. The van der Waals surface area contributed by atoms with Crippen molar-refractivity contribution in [3.05, 3.63) is 77.9 Å². The molecule has 1 saturated heterocycles. The van der Waals surface area contributed by atoms with E-state index in [1.54, 1.807) is 0 Å². The Balaban J connectivity index is 1.40. The van der Waals surface area contributed by atoms with Crippen LogP contribution in [0.4, 0.5) is 5.69 Å². The minimum atomic E-state index is -1.35. The van der Waals surface area contributed by atoms with Crippen molar-refractivity contribution in [2.24, 2.45) is 0 Å². The Labute approximate surface area is 195 Å². The van der Waals surface area contributed by atoms with Gasteiger partial charge in [0.05, 0.1) is 6.54 Å². The third-order valence-corrected chi connectivity index (χ3v) is 6.72. The van der Waals surface area contributed by atoms with Gasteiger partial charge in [0.15, 0.2) is 0 Å². The van der Waals surface area contributed by atoms with Gasteiger partial charge in [0.25, 0.3) is 0 Å². The van der Waals surface area contributed by atoms with E-state index in [0.717, 1.165) is 25.2 Å². The molecule has 1 aliphatic rings. The quantitative estimate of drug-likeness (QED) is 0.371. The molecule has 174 valence electrons. The Morgan fingerprint density at radius 3 is 2.58 bits per heavy atom. The van der Waals surface area contributed by atoms with Crippen molar-refractivity contribution < 1.29 is 15.0 Å². The van der Waals surface area contributed by atoms with Gasteiger partial charge >= 0.3 is 5.97 Å². The minimum Gasteiger partial charge on any atom is -0.480 e. The molecule has 0 radical (unpaired) electrons. The number of hydrogen-bond donors (Lipinski definition) is 4. The Morgan fingerprint density at radius 2 is 1.85 bits per heavy atom. The zero-order chi connectivity index (χ0) is 23.4. The fourth-order valence-electron chi connectivity index (χ4n) is 4.80. The van der Waals surface area contributed by atoms with Crippen molar-refractivity contribution in [3.63, 3.8) is 0 Å². The smallest absolute Gasteiger partial charge is 0.317 e. The molecule has 6 nitrogen and oxygen atoms in total. The third kappa shape index (κ3) is 5.19. The SMILES string of the molecule is CCC(O)(NCC(=O)O)c1ccc(N2CC[C@H](N[C@H](C)c3cccc4ccccc34)C2)cc1. The van der Waals surface area contributed by atoms with E-state index in [0.29, 0.717) is 18.0 Å². The minimum absolute atomic E-state index is 0.253. The second-order valence-corrected chi connectivity index (χ2v) is 8.90. The molecule has 0 amide bonds. The Hall–Kier alpha value is -2.93. The summed E-state index contributed by atoms with van der Waals surface area (Å²) in [5, 5.41) is 28.9. The van der Waals surface area contributed by atoms with E-state index in [2.05, 4.69) is 64.9 Å². The maximum atomic E-state index is 10.9. The van der Waals surface area contributed by atoms with Gasteiger partial charge in [0.2, 0.25) is 0 Å². The molecule has 0 aliphatic carbocycles. The monoisotopic (exact) mass is 447 g/mol. The van der Waals surface area contributed by atoms with E-state index >= 15 is 0 Å². The normalized spacial score (nSPS) is 18.9. The molecular weight excluding hydrogens is 414 g/mol. The van der Waals surface area contributed by atoms with Crippen LogP contribution in [-0.4, -0.2) is 41.9 Å². The summed E-state index contributed by atoms with van der Waals surface area (Å²) in [5.41, 5.74) is 1.76. The maximum absolute atomic E-state index is 10.9. The highest BCUT2D eigenvalue weighted by Crippen LogP contribution is 2.28. The summed E-state index contributed by atoms with van der Waals surface area (Å²) in [6.45, 7) is 5.66. The summed E-state index contributed by atoms with van der Waals surface area (Å²) in [6, 6.07) is 23.4. The molecule has 1 unspecified atom stereocenters. The summed E-state index contributed by atoms with van der Waals surface area (Å²) in [7, 11) is 0. The number of carboxylic acids is 1. The van der Waals surface area contributed by atoms with Crippen LogP contribution in [-0.2, 0) is 10.5 Å². The van der Waals surface area contributed by atoms with E-state index in [9.17, 15) is 9.90 Å². The first-order valence-corrected chi connectivity index (χ1v) is 11.7. The van der Waals surface area contributed by atoms with Gasteiger partial charge in [-0.1, -0.05) is 61.5 Å². The first kappa shape index (κ1) is 23.2. The van der Waals surface area contributed by atoms with Crippen molar-refractivity contribution in [1.82, 2.24) is 10.6 Å². The molecule has 0 saturated carbocycles. The molecule has 3 atom stereocenters. The second kappa shape index (κ2) is 9.91. The standard InChI is InChI=1S/C27H33N3O3/c1-3-27(33,28-17-26(31)32)21-11-13-23(14-12-21)30-16-15-22(18-30)29-19(2)24-10-6-8-20-7-4-5-9-25(20)24/h4-14,19,22,28-29,33H,3,15-18H2,1-2H3,(H,31,32)/t19-,22+,27?/m1/s1. The lowest BCUT2D eigenvalue weighted by Gasteiger charge is -2.29. The average molecular weight is 448 g/mol.